The molecule has 0 aromatic heterocycles. The van der Waals surface area contributed by atoms with Gasteiger partial charge in [0, 0.05) is 0 Å². The van der Waals surface area contributed by atoms with E-state index in [4.69, 9.17) is 0 Å². The molecule has 0 saturated carbocycles. The maximum atomic E-state index is 2.56. The highest BCUT2D eigenvalue weighted by molar-refractivity contribution is 5.71. The lowest BCUT2D eigenvalue weighted by Crippen LogP contribution is -2.06. The maximum absolute atomic E-state index is 2.56. The Morgan fingerprint density at radius 3 is 1.31 bits per heavy atom. The van der Waals surface area contributed by atoms with Gasteiger partial charge in [-0.15, -0.1) is 0 Å². The molecule has 0 saturated heterocycles. The molecule has 2 atom stereocenters. The lowest BCUT2D eigenvalue weighted by atomic mass is 9.82. The Labute approximate surface area is 200 Å². The summed E-state index contributed by atoms with van der Waals surface area (Å²) >= 11 is 0. The van der Waals surface area contributed by atoms with Gasteiger partial charge in [-0.1, -0.05) is 127 Å². The van der Waals surface area contributed by atoms with Crippen molar-refractivity contribution in [2.45, 2.75) is 129 Å². The number of benzene rings is 1. The third-order valence-corrected chi connectivity index (χ3v) is 8.10. The van der Waals surface area contributed by atoms with Crippen LogP contribution in [0.4, 0.5) is 0 Å². The Kier molecular flexibility index (Phi) is 11.7. The van der Waals surface area contributed by atoms with Crippen molar-refractivity contribution in [2.24, 2.45) is 11.8 Å². The Bertz CT molecular complexity index is 628. The van der Waals surface area contributed by atoms with Gasteiger partial charge in [0.25, 0.3) is 0 Å². The molecule has 0 aliphatic heterocycles. The average Bonchev–Trinajstić information content (AvgIpc) is 2.85. The van der Waals surface area contributed by atoms with E-state index in [9.17, 15) is 0 Å². The molecule has 0 nitrogen and oxygen atoms in total. The van der Waals surface area contributed by atoms with E-state index in [1.54, 1.807) is 11.1 Å². The highest BCUT2D eigenvalue weighted by atomic mass is 14.2. The van der Waals surface area contributed by atoms with Gasteiger partial charge in [-0.25, -0.2) is 0 Å². The molecule has 2 aliphatic carbocycles. The molecule has 0 heterocycles. The van der Waals surface area contributed by atoms with Crippen molar-refractivity contribution in [2.75, 3.05) is 0 Å². The van der Waals surface area contributed by atoms with Gasteiger partial charge in [0.1, 0.15) is 0 Å². The van der Waals surface area contributed by atoms with Gasteiger partial charge >= 0.3 is 0 Å². The van der Waals surface area contributed by atoms with Crippen molar-refractivity contribution in [3.63, 3.8) is 0 Å². The summed E-state index contributed by atoms with van der Waals surface area (Å²) in [5.41, 5.74) is 6.13. The van der Waals surface area contributed by atoms with Crippen molar-refractivity contribution in [1.29, 1.82) is 0 Å². The van der Waals surface area contributed by atoms with Crippen LogP contribution in [0, 0.1) is 11.8 Å². The van der Waals surface area contributed by atoms with E-state index >= 15 is 0 Å². The molecule has 0 spiro atoms. The molecule has 0 amide bonds. The quantitative estimate of drug-likeness (QED) is 0.255. The second kappa shape index (κ2) is 14.8. The molecular weight excluding hydrogens is 384 g/mol. The van der Waals surface area contributed by atoms with E-state index in [2.05, 4.69) is 50.3 Å². The van der Waals surface area contributed by atoms with E-state index in [-0.39, 0.29) is 0 Å². The van der Waals surface area contributed by atoms with Gasteiger partial charge in [0.05, 0.1) is 0 Å². The molecule has 0 bridgehead atoms. The molecule has 2 aliphatic rings. The number of hydrogen-bond donors (Lipinski definition) is 0. The van der Waals surface area contributed by atoms with E-state index in [0.29, 0.717) is 0 Å². The Morgan fingerprint density at radius 1 is 0.562 bits per heavy atom. The molecule has 3 rings (SSSR count). The van der Waals surface area contributed by atoms with Crippen molar-refractivity contribution in [3.05, 3.63) is 47.5 Å². The SMILES string of the molecule is CCCCCCCC1CC=C(c2ccc(C3=CCC(CCCCCCC)CC3)cc2)CC1. The normalized spacial score (nSPS) is 21.3. The molecule has 0 N–H and O–H groups in total. The zero-order valence-corrected chi connectivity index (χ0v) is 21.3. The zero-order chi connectivity index (χ0) is 22.4. The minimum absolute atomic E-state index is 0.937. The smallest absolute Gasteiger partial charge is 0.0227 e. The van der Waals surface area contributed by atoms with Gasteiger partial charge < -0.3 is 0 Å². The van der Waals surface area contributed by atoms with Crippen LogP contribution in [0.5, 0.6) is 0 Å². The third-order valence-electron chi connectivity index (χ3n) is 8.10. The molecule has 2 unspecified atom stereocenters. The lowest BCUT2D eigenvalue weighted by Gasteiger charge is -2.23. The lowest BCUT2D eigenvalue weighted by molar-refractivity contribution is 0.423. The molecule has 1 aromatic carbocycles. The Hall–Kier alpha value is -1.30. The van der Waals surface area contributed by atoms with Crippen LogP contribution in [0.1, 0.15) is 141 Å². The molecular formula is C32H50. The first-order valence-corrected chi connectivity index (χ1v) is 14.3. The first kappa shape index (κ1) is 25.3. The first-order chi connectivity index (χ1) is 15.8. The van der Waals surface area contributed by atoms with Crippen molar-refractivity contribution < 1.29 is 0 Å². The standard InChI is InChI=1S/C32H50/c1-3-5-7-9-11-13-27-15-19-29(20-16-27)31-23-25-32(26-24-31)30-21-17-28(18-22-30)14-12-10-8-6-4-2/h19,21,23-28H,3-18,20,22H2,1-2H3. The van der Waals surface area contributed by atoms with E-state index in [1.807, 2.05) is 0 Å². The van der Waals surface area contributed by atoms with E-state index in [0.717, 1.165) is 11.8 Å². The molecule has 178 valence electrons. The van der Waals surface area contributed by atoms with Crippen LogP contribution < -0.4 is 0 Å². The van der Waals surface area contributed by atoms with Gasteiger partial charge in [-0.2, -0.15) is 0 Å². The van der Waals surface area contributed by atoms with Crippen LogP contribution in [0.2, 0.25) is 0 Å². The summed E-state index contributed by atoms with van der Waals surface area (Å²) in [6.07, 6.45) is 30.1. The van der Waals surface area contributed by atoms with Gasteiger partial charge in [0.15, 0.2) is 0 Å². The summed E-state index contributed by atoms with van der Waals surface area (Å²) in [7, 11) is 0. The Morgan fingerprint density at radius 2 is 0.969 bits per heavy atom. The van der Waals surface area contributed by atoms with Crippen molar-refractivity contribution in [3.8, 4) is 0 Å². The van der Waals surface area contributed by atoms with E-state index in [1.165, 1.54) is 127 Å². The molecule has 0 heteroatoms. The van der Waals surface area contributed by atoms with Crippen LogP contribution in [-0.4, -0.2) is 0 Å². The van der Waals surface area contributed by atoms with Crippen LogP contribution in [0.25, 0.3) is 11.1 Å². The minimum Gasteiger partial charge on any atom is -0.0804 e. The minimum atomic E-state index is 0.937. The molecule has 0 fully saturated rings. The fourth-order valence-corrected chi connectivity index (χ4v) is 5.80. The Balaban J connectivity index is 1.40. The van der Waals surface area contributed by atoms with Crippen molar-refractivity contribution >= 4 is 11.1 Å². The third kappa shape index (κ3) is 8.57. The first-order valence-electron chi connectivity index (χ1n) is 14.3. The average molecular weight is 435 g/mol. The number of rotatable bonds is 14. The fourth-order valence-electron chi connectivity index (χ4n) is 5.80. The van der Waals surface area contributed by atoms with Crippen LogP contribution in [0.15, 0.2) is 36.4 Å². The highest BCUT2D eigenvalue weighted by Gasteiger charge is 2.17. The largest absolute Gasteiger partial charge is 0.0804 e. The van der Waals surface area contributed by atoms with Gasteiger partial charge in [-0.05, 0) is 72.6 Å². The molecule has 32 heavy (non-hydrogen) atoms. The second-order valence-electron chi connectivity index (χ2n) is 10.7. The number of unbranched alkanes of at least 4 members (excludes halogenated alkanes) is 8. The summed E-state index contributed by atoms with van der Waals surface area (Å²) in [5, 5.41) is 0. The van der Waals surface area contributed by atoms with Crippen LogP contribution in [0.3, 0.4) is 0 Å². The molecule has 1 aromatic rings. The molecule has 0 radical (unpaired) electrons. The topological polar surface area (TPSA) is 0 Å². The summed E-state index contributed by atoms with van der Waals surface area (Å²) in [6, 6.07) is 9.58. The summed E-state index contributed by atoms with van der Waals surface area (Å²) in [5.74, 6) is 1.87. The predicted molar refractivity (Wildman–Crippen MR) is 144 cm³/mol. The zero-order valence-electron chi connectivity index (χ0n) is 21.3. The summed E-state index contributed by atoms with van der Waals surface area (Å²) in [4.78, 5) is 0. The predicted octanol–water partition coefficient (Wildman–Crippen LogP) is 10.8. The van der Waals surface area contributed by atoms with E-state index < -0.39 is 0 Å². The van der Waals surface area contributed by atoms with Gasteiger partial charge in [-0.3, -0.25) is 0 Å². The highest BCUT2D eigenvalue weighted by Crippen LogP contribution is 2.35. The van der Waals surface area contributed by atoms with Crippen LogP contribution in [-0.2, 0) is 0 Å². The maximum Gasteiger partial charge on any atom is -0.0227 e. The summed E-state index contributed by atoms with van der Waals surface area (Å²) < 4.78 is 0. The summed E-state index contributed by atoms with van der Waals surface area (Å²) in [6.45, 7) is 4.61. The van der Waals surface area contributed by atoms with Gasteiger partial charge in [0.2, 0.25) is 0 Å². The number of hydrogen-bond acceptors (Lipinski definition) is 0. The number of allylic oxidation sites excluding steroid dienone is 4. The van der Waals surface area contributed by atoms with Crippen LogP contribution >= 0.6 is 0 Å². The second-order valence-corrected chi connectivity index (χ2v) is 10.7. The monoisotopic (exact) mass is 434 g/mol. The fraction of sp³-hybridized carbons (Fsp3) is 0.688. The van der Waals surface area contributed by atoms with Crippen molar-refractivity contribution in [1.82, 2.24) is 0 Å².